The fourth-order valence-corrected chi connectivity index (χ4v) is 3.23. The summed E-state index contributed by atoms with van der Waals surface area (Å²) in [5.41, 5.74) is 1.12. The van der Waals surface area contributed by atoms with Gasteiger partial charge >= 0.3 is 5.97 Å². The molecule has 1 unspecified atom stereocenters. The minimum atomic E-state index is -0.770. The Bertz CT molecular complexity index is 503. The molecule has 1 aliphatic heterocycles. The topological polar surface area (TPSA) is 40.5 Å². The highest BCUT2D eigenvalue weighted by Gasteiger charge is 2.46. The van der Waals surface area contributed by atoms with Crippen molar-refractivity contribution in [1.29, 1.82) is 0 Å². The Morgan fingerprint density at radius 1 is 1.50 bits per heavy atom. The van der Waals surface area contributed by atoms with E-state index in [1.54, 1.807) is 6.07 Å². The Hall–Kier alpha value is -1.42. The number of carbonyl (C=O) groups is 1. The highest BCUT2D eigenvalue weighted by molar-refractivity contribution is 5.79. The lowest BCUT2D eigenvalue weighted by Gasteiger charge is -2.35. The highest BCUT2D eigenvalue weighted by atomic mass is 19.1. The number of halogens is 1. The van der Waals surface area contributed by atoms with Gasteiger partial charge in [-0.25, -0.2) is 4.39 Å². The number of carboxylic acids is 1. The van der Waals surface area contributed by atoms with Crippen LogP contribution in [0.25, 0.3) is 0 Å². The summed E-state index contributed by atoms with van der Waals surface area (Å²) in [6.45, 7) is 5.22. The Morgan fingerprint density at radius 3 is 2.90 bits per heavy atom. The first-order valence-electron chi connectivity index (χ1n) is 7.23. The molecule has 110 valence electrons. The van der Waals surface area contributed by atoms with E-state index in [9.17, 15) is 14.3 Å². The molecule has 1 heterocycles. The Labute approximate surface area is 119 Å². The van der Waals surface area contributed by atoms with E-state index in [-0.39, 0.29) is 5.82 Å². The van der Waals surface area contributed by atoms with Crippen molar-refractivity contribution in [2.75, 3.05) is 6.54 Å². The molecule has 1 saturated heterocycles. The monoisotopic (exact) mass is 279 g/mol. The van der Waals surface area contributed by atoms with Gasteiger partial charge in [0.05, 0.1) is 0 Å². The second-order valence-corrected chi connectivity index (χ2v) is 5.68. The SMILES string of the molecule is CCCC1(C(=O)O)CCCN1Cc1cc(F)ccc1C. The zero-order valence-electron chi connectivity index (χ0n) is 12.2. The van der Waals surface area contributed by atoms with Crippen molar-refractivity contribution >= 4 is 5.97 Å². The summed E-state index contributed by atoms with van der Waals surface area (Å²) in [5.74, 6) is -1.01. The summed E-state index contributed by atoms with van der Waals surface area (Å²) in [7, 11) is 0. The molecule has 1 N–H and O–H groups in total. The average molecular weight is 279 g/mol. The standard InChI is InChI=1S/C16H22FNO2/c1-3-7-16(15(19)20)8-4-9-18(16)11-13-10-14(17)6-5-12(13)2/h5-6,10H,3-4,7-9,11H2,1-2H3,(H,19,20). The number of aryl methyl sites for hydroxylation is 1. The van der Waals surface area contributed by atoms with Crippen molar-refractivity contribution in [3.8, 4) is 0 Å². The van der Waals surface area contributed by atoms with Crippen LogP contribution in [-0.2, 0) is 11.3 Å². The zero-order valence-corrected chi connectivity index (χ0v) is 12.2. The van der Waals surface area contributed by atoms with Crippen molar-refractivity contribution < 1.29 is 14.3 Å². The molecule has 0 aromatic heterocycles. The van der Waals surface area contributed by atoms with Crippen molar-refractivity contribution in [3.63, 3.8) is 0 Å². The maximum Gasteiger partial charge on any atom is 0.324 e. The molecule has 0 amide bonds. The third-order valence-corrected chi connectivity index (χ3v) is 4.36. The molecule has 1 aliphatic rings. The van der Waals surface area contributed by atoms with E-state index in [1.165, 1.54) is 12.1 Å². The largest absolute Gasteiger partial charge is 0.480 e. The normalized spacial score (nSPS) is 23.1. The first-order valence-corrected chi connectivity index (χ1v) is 7.23. The molecule has 2 rings (SSSR count). The molecule has 1 aromatic carbocycles. The Balaban J connectivity index is 2.26. The number of rotatable bonds is 5. The van der Waals surface area contributed by atoms with E-state index >= 15 is 0 Å². The van der Waals surface area contributed by atoms with Crippen LogP contribution in [0.2, 0.25) is 0 Å². The van der Waals surface area contributed by atoms with Gasteiger partial charge in [0.1, 0.15) is 11.4 Å². The quantitative estimate of drug-likeness (QED) is 0.898. The number of aliphatic carboxylic acids is 1. The van der Waals surface area contributed by atoms with E-state index in [0.717, 1.165) is 30.5 Å². The molecule has 1 aromatic rings. The van der Waals surface area contributed by atoms with E-state index in [4.69, 9.17) is 0 Å². The maximum atomic E-state index is 13.4. The van der Waals surface area contributed by atoms with Crippen molar-refractivity contribution in [2.24, 2.45) is 0 Å². The number of benzene rings is 1. The molecule has 0 spiro atoms. The molecule has 0 radical (unpaired) electrons. The van der Waals surface area contributed by atoms with Crippen LogP contribution < -0.4 is 0 Å². The lowest BCUT2D eigenvalue weighted by Crippen LogP contribution is -2.50. The van der Waals surface area contributed by atoms with Crippen LogP contribution in [0.1, 0.15) is 43.7 Å². The van der Waals surface area contributed by atoms with Gasteiger partial charge in [-0.05, 0) is 56.0 Å². The van der Waals surface area contributed by atoms with Crippen LogP contribution in [0.4, 0.5) is 4.39 Å². The van der Waals surface area contributed by atoms with Crippen LogP contribution in [-0.4, -0.2) is 28.1 Å². The number of hydrogen-bond donors (Lipinski definition) is 1. The summed E-state index contributed by atoms with van der Waals surface area (Å²) >= 11 is 0. The first-order chi connectivity index (χ1) is 9.49. The fraction of sp³-hybridized carbons (Fsp3) is 0.562. The second kappa shape index (κ2) is 5.92. The maximum absolute atomic E-state index is 13.4. The minimum Gasteiger partial charge on any atom is -0.480 e. The summed E-state index contributed by atoms with van der Waals surface area (Å²) < 4.78 is 13.4. The fourth-order valence-electron chi connectivity index (χ4n) is 3.23. The Morgan fingerprint density at radius 2 is 2.25 bits per heavy atom. The van der Waals surface area contributed by atoms with Crippen molar-refractivity contribution in [1.82, 2.24) is 4.90 Å². The van der Waals surface area contributed by atoms with E-state index in [0.29, 0.717) is 19.4 Å². The molecular formula is C16H22FNO2. The van der Waals surface area contributed by atoms with Crippen LogP contribution in [0.15, 0.2) is 18.2 Å². The molecular weight excluding hydrogens is 257 g/mol. The molecule has 0 aliphatic carbocycles. The number of likely N-dealkylation sites (tertiary alicyclic amines) is 1. The Kier molecular flexibility index (Phi) is 4.43. The predicted molar refractivity (Wildman–Crippen MR) is 76.1 cm³/mol. The average Bonchev–Trinajstić information content (AvgIpc) is 2.79. The summed E-state index contributed by atoms with van der Waals surface area (Å²) in [6, 6.07) is 4.72. The van der Waals surface area contributed by atoms with E-state index < -0.39 is 11.5 Å². The van der Waals surface area contributed by atoms with Crippen LogP contribution in [0, 0.1) is 12.7 Å². The molecule has 3 nitrogen and oxygen atoms in total. The van der Waals surface area contributed by atoms with Gasteiger partial charge in [0.2, 0.25) is 0 Å². The van der Waals surface area contributed by atoms with Gasteiger partial charge < -0.3 is 5.11 Å². The molecule has 20 heavy (non-hydrogen) atoms. The third-order valence-electron chi connectivity index (χ3n) is 4.36. The van der Waals surface area contributed by atoms with Gasteiger partial charge in [0.15, 0.2) is 0 Å². The van der Waals surface area contributed by atoms with Crippen LogP contribution in [0.3, 0.4) is 0 Å². The number of carboxylic acid groups (broad SMARTS) is 1. The van der Waals surface area contributed by atoms with Crippen molar-refractivity contribution in [2.45, 2.75) is 51.6 Å². The zero-order chi connectivity index (χ0) is 14.8. The second-order valence-electron chi connectivity index (χ2n) is 5.68. The van der Waals surface area contributed by atoms with Crippen molar-refractivity contribution in [3.05, 3.63) is 35.1 Å². The van der Waals surface area contributed by atoms with Crippen LogP contribution in [0.5, 0.6) is 0 Å². The summed E-state index contributed by atoms with van der Waals surface area (Å²) in [5, 5.41) is 9.65. The summed E-state index contributed by atoms with van der Waals surface area (Å²) in [4.78, 5) is 13.8. The van der Waals surface area contributed by atoms with Gasteiger partial charge in [-0.2, -0.15) is 0 Å². The first kappa shape index (κ1) is 15.0. The van der Waals surface area contributed by atoms with Crippen LogP contribution >= 0.6 is 0 Å². The smallest absolute Gasteiger partial charge is 0.324 e. The summed E-state index contributed by atoms with van der Waals surface area (Å²) in [6.07, 6.45) is 3.06. The van der Waals surface area contributed by atoms with Gasteiger partial charge in [0.25, 0.3) is 0 Å². The lowest BCUT2D eigenvalue weighted by atomic mass is 9.90. The number of hydrogen-bond acceptors (Lipinski definition) is 2. The van der Waals surface area contributed by atoms with E-state index in [1.807, 2.05) is 18.7 Å². The predicted octanol–water partition coefficient (Wildman–Crippen LogP) is 3.35. The van der Waals surface area contributed by atoms with Gasteiger partial charge in [-0.15, -0.1) is 0 Å². The van der Waals surface area contributed by atoms with Gasteiger partial charge in [-0.1, -0.05) is 19.4 Å². The molecule has 4 heteroatoms. The molecule has 0 saturated carbocycles. The lowest BCUT2D eigenvalue weighted by molar-refractivity contribution is -0.150. The third kappa shape index (κ3) is 2.70. The molecule has 1 atom stereocenters. The molecule has 1 fully saturated rings. The van der Waals surface area contributed by atoms with E-state index in [2.05, 4.69) is 0 Å². The highest BCUT2D eigenvalue weighted by Crippen LogP contribution is 2.35. The minimum absolute atomic E-state index is 0.263. The number of nitrogens with zero attached hydrogens (tertiary/aromatic N) is 1. The van der Waals surface area contributed by atoms with Gasteiger partial charge in [-0.3, -0.25) is 9.69 Å². The van der Waals surface area contributed by atoms with Gasteiger partial charge in [0, 0.05) is 6.54 Å². The molecule has 0 bridgehead atoms.